The summed E-state index contributed by atoms with van der Waals surface area (Å²) in [6.07, 6.45) is 3.40. The van der Waals surface area contributed by atoms with Gasteiger partial charge in [0.1, 0.15) is 5.69 Å². The zero-order chi connectivity index (χ0) is 12.4. The first-order valence-corrected chi connectivity index (χ1v) is 5.25. The number of carbonyl (C=O) groups is 1. The number of aromatic nitrogens is 3. The fraction of sp³-hybridized carbons (Fsp3) is 0.273. The topological polar surface area (TPSA) is 77.9 Å². The third-order valence-electron chi connectivity index (χ3n) is 2.61. The predicted octanol–water partition coefficient (Wildman–Crippen LogP) is 0.271. The van der Waals surface area contributed by atoms with E-state index in [0.29, 0.717) is 17.9 Å². The van der Waals surface area contributed by atoms with Crippen molar-refractivity contribution in [3.63, 3.8) is 0 Å². The van der Waals surface area contributed by atoms with Crippen molar-refractivity contribution in [1.82, 2.24) is 19.7 Å². The number of nitrogen functional groups attached to an aromatic ring is 1. The third-order valence-corrected chi connectivity index (χ3v) is 2.61. The van der Waals surface area contributed by atoms with Crippen molar-refractivity contribution in [2.45, 2.75) is 6.54 Å². The van der Waals surface area contributed by atoms with E-state index < -0.39 is 0 Å². The van der Waals surface area contributed by atoms with Gasteiger partial charge in [0.15, 0.2) is 0 Å². The summed E-state index contributed by atoms with van der Waals surface area (Å²) in [5, 5.41) is 6.85. The molecule has 2 heterocycles. The summed E-state index contributed by atoms with van der Waals surface area (Å²) < 4.78 is 3.42. The summed E-state index contributed by atoms with van der Waals surface area (Å²) in [5.41, 5.74) is 7.69. The van der Waals surface area contributed by atoms with Crippen LogP contribution in [-0.4, -0.2) is 20.3 Å². The molecule has 0 aliphatic carbocycles. The normalized spacial score (nSPS) is 10.5. The Kier molecular flexibility index (Phi) is 2.86. The van der Waals surface area contributed by atoms with Crippen LogP contribution in [0.1, 0.15) is 16.2 Å². The zero-order valence-corrected chi connectivity index (χ0v) is 9.84. The molecule has 0 aliphatic rings. The molecule has 0 saturated carbocycles. The van der Waals surface area contributed by atoms with Gasteiger partial charge < -0.3 is 15.6 Å². The highest BCUT2D eigenvalue weighted by molar-refractivity contribution is 5.93. The number of carbonyl (C=O) groups excluding carboxylic acids is 1. The molecule has 0 bridgehead atoms. The van der Waals surface area contributed by atoms with Crippen LogP contribution in [0.5, 0.6) is 0 Å². The van der Waals surface area contributed by atoms with Gasteiger partial charge in [0, 0.05) is 26.5 Å². The number of nitrogens with one attached hydrogen (secondary N) is 1. The number of aryl methyl sites for hydroxylation is 2. The van der Waals surface area contributed by atoms with Gasteiger partial charge in [-0.05, 0) is 12.1 Å². The van der Waals surface area contributed by atoms with Gasteiger partial charge in [0.2, 0.25) is 0 Å². The molecular formula is C11H15N5O. The maximum atomic E-state index is 11.9. The van der Waals surface area contributed by atoms with Crippen LogP contribution in [-0.2, 0) is 20.6 Å². The number of amides is 1. The lowest BCUT2D eigenvalue weighted by molar-refractivity contribution is 0.0942. The maximum absolute atomic E-state index is 11.9. The predicted molar refractivity (Wildman–Crippen MR) is 64.2 cm³/mol. The number of rotatable bonds is 3. The van der Waals surface area contributed by atoms with E-state index >= 15 is 0 Å². The Hall–Kier alpha value is -2.24. The van der Waals surface area contributed by atoms with E-state index in [9.17, 15) is 4.79 Å². The highest BCUT2D eigenvalue weighted by Crippen LogP contribution is 2.08. The second-order valence-corrected chi connectivity index (χ2v) is 3.90. The minimum Gasteiger partial charge on any atom is -0.397 e. The molecule has 90 valence electrons. The minimum atomic E-state index is -0.148. The highest BCUT2D eigenvalue weighted by Gasteiger charge is 2.10. The van der Waals surface area contributed by atoms with Crippen molar-refractivity contribution in [2.75, 3.05) is 5.73 Å². The van der Waals surface area contributed by atoms with Crippen molar-refractivity contribution in [2.24, 2.45) is 14.1 Å². The van der Waals surface area contributed by atoms with Crippen LogP contribution < -0.4 is 11.1 Å². The van der Waals surface area contributed by atoms with Crippen molar-refractivity contribution in [1.29, 1.82) is 0 Å². The molecule has 17 heavy (non-hydrogen) atoms. The van der Waals surface area contributed by atoms with Crippen LogP contribution in [0.25, 0.3) is 0 Å². The second kappa shape index (κ2) is 4.32. The number of nitrogens with two attached hydrogens (primary N) is 1. The number of anilines is 1. The lowest BCUT2D eigenvalue weighted by Crippen LogP contribution is -2.25. The molecular weight excluding hydrogens is 218 g/mol. The average Bonchev–Trinajstić information content (AvgIpc) is 2.81. The van der Waals surface area contributed by atoms with Gasteiger partial charge in [-0.15, -0.1) is 0 Å². The molecule has 6 nitrogen and oxygen atoms in total. The van der Waals surface area contributed by atoms with Crippen molar-refractivity contribution < 1.29 is 4.79 Å². The van der Waals surface area contributed by atoms with Crippen LogP contribution >= 0.6 is 0 Å². The molecule has 0 spiro atoms. The van der Waals surface area contributed by atoms with E-state index in [4.69, 9.17) is 5.73 Å². The largest absolute Gasteiger partial charge is 0.397 e. The molecule has 2 aromatic rings. The lowest BCUT2D eigenvalue weighted by atomic mass is 10.3. The summed E-state index contributed by atoms with van der Waals surface area (Å²) in [4.78, 5) is 11.9. The number of hydrogen-bond acceptors (Lipinski definition) is 3. The molecule has 0 unspecified atom stereocenters. The van der Waals surface area contributed by atoms with Gasteiger partial charge in [-0.2, -0.15) is 5.10 Å². The SMILES string of the molecule is Cn1cc(N)cc1C(=O)NCc1ccnn1C. The molecule has 1 amide bonds. The van der Waals surface area contributed by atoms with Crippen LogP contribution in [0.3, 0.4) is 0 Å². The Balaban J connectivity index is 2.03. The average molecular weight is 233 g/mol. The number of hydrogen-bond donors (Lipinski definition) is 2. The monoisotopic (exact) mass is 233 g/mol. The smallest absolute Gasteiger partial charge is 0.268 e. The minimum absolute atomic E-state index is 0.148. The Morgan fingerprint density at radius 3 is 2.82 bits per heavy atom. The maximum Gasteiger partial charge on any atom is 0.268 e. The summed E-state index contributed by atoms with van der Waals surface area (Å²) in [6.45, 7) is 0.445. The molecule has 0 radical (unpaired) electrons. The first-order chi connectivity index (χ1) is 8.08. The van der Waals surface area contributed by atoms with Crippen LogP contribution in [0.2, 0.25) is 0 Å². The molecule has 0 aromatic carbocycles. The quantitative estimate of drug-likeness (QED) is 0.798. The Bertz CT molecular complexity index is 540. The van der Waals surface area contributed by atoms with Crippen LogP contribution in [0.4, 0.5) is 5.69 Å². The van der Waals surface area contributed by atoms with E-state index in [0.717, 1.165) is 5.69 Å². The van der Waals surface area contributed by atoms with Crippen molar-refractivity contribution >= 4 is 11.6 Å². The lowest BCUT2D eigenvalue weighted by Gasteiger charge is -2.06. The second-order valence-electron chi connectivity index (χ2n) is 3.90. The fourth-order valence-corrected chi connectivity index (χ4v) is 1.65. The van der Waals surface area contributed by atoms with E-state index in [2.05, 4.69) is 10.4 Å². The van der Waals surface area contributed by atoms with Gasteiger partial charge in [-0.3, -0.25) is 9.48 Å². The Morgan fingerprint density at radius 1 is 1.53 bits per heavy atom. The Morgan fingerprint density at radius 2 is 2.29 bits per heavy atom. The van der Waals surface area contributed by atoms with Gasteiger partial charge in [-0.25, -0.2) is 0 Å². The summed E-state index contributed by atoms with van der Waals surface area (Å²) in [5.74, 6) is -0.148. The van der Waals surface area contributed by atoms with Gasteiger partial charge in [-0.1, -0.05) is 0 Å². The summed E-state index contributed by atoms with van der Waals surface area (Å²) in [6, 6.07) is 3.51. The van der Waals surface area contributed by atoms with Crippen LogP contribution in [0.15, 0.2) is 24.5 Å². The number of nitrogens with zero attached hydrogens (tertiary/aromatic N) is 3. The molecule has 2 aromatic heterocycles. The molecule has 0 saturated heterocycles. The molecule has 2 rings (SSSR count). The molecule has 0 atom stereocenters. The van der Waals surface area contributed by atoms with E-state index in [-0.39, 0.29) is 5.91 Å². The van der Waals surface area contributed by atoms with E-state index in [1.165, 1.54) is 0 Å². The molecule has 6 heteroatoms. The van der Waals surface area contributed by atoms with Crippen molar-refractivity contribution in [3.05, 3.63) is 35.9 Å². The molecule has 0 aliphatic heterocycles. The zero-order valence-electron chi connectivity index (χ0n) is 9.84. The fourth-order valence-electron chi connectivity index (χ4n) is 1.65. The third kappa shape index (κ3) is 2.30. The van der Waals surface area contributed by atoms with E-state index in [1.54, 1.807) is 34.8 Å². The summed E-state index contributed by atoms with van der Waals surface area (Å²) >= 11 is 0. The summed E-state index contributed by atoms with van der Waals surface area (Å²) in [7, 11) is 3.62. The molecule has 3 N–H and O–H groups in total. The molecule has 0 fully saturated rings. The van der Waals surface area contributed by atoms with Crippen LogP contribution in [0, 0.1) is 0 Å². The van der Waals surface area contributed by atoms with Gasteiger partial charge >= 0.3 is 0 Å². The van der Waals surface area contributed by atoms with Gasteiger partial charge in [0.25, 0.3) is 5.91 Å². The van der Waals surface area contributed by atoms with Crippen molar-refractivity contribution in [3.8, 4) is 0 Å². The van der Waals surface area contributed by atoms with Gasteiger partial charge in [0.05, 0.1) is 17.9 Å². The van der Waals surface area contributed by atoms with E-state index in [1.807, 2.05) is 13.1 Å². The highest BCUT2D eigenvalue weighted by atomic mass is 16.1. The standard InChI is InChI=1S/C11H15N5O/c1-15-7-8(12)5-10(15)11(17)13-6-9-3-4-14-16(9)2/h3-5,7H,6,12H2,1-2H3,(H,13,17). The first kappa shape index (κ1) is 11.3. The Labute approximate surface area is 99.0 Å². The first-order valence-electron chi connectivity index (χ1n) is 5.25.